The van der Waals surface area contributed by atoms with Gasteiger partial charge < -0.3 is 20.4 Å². The number of carbonyl (C=O) groups is 1. The maximum absolute atomic E-state index is 13.1. The number of ether oxygens (including phenoxy) is 1. The lowest BCUT2D eigenvalue weighted by Gasteiger charge is -2.40. The normalized spacial score (nSPS) is 23.3. The monoisotopic (exact) mass is 559 g/mol. The van der Waals surface area contributed by atoms with Gasteiger partial charge in [0, 0.05) is 38.0 Å². The van der Waals surface area contributed by atoms with Crippen molar-refractivity contribution in [3.05, 3.63) is 47.4 Å². The third-order valence-corrected chi connectivity index (χ3v) is 8.89. The smallest absolute Gasteiger partial charge is 0.310 e. The van der Waals surface area contributed by atoms with Gasteiger partial charge >= 0.3 is 10.2 Å². The minimum Gasteiger partial charge on any atom is -0.398 e. The van der Waals surface area contributed by atoms with Crippen LogP contribution in [0.5, 0.6) is 0 Å². The summed E-state index contributed by atoms with van der Waals surface area (Å²) in [5.41, 5.74) is 7.35. The number of fused-ring (bicyclic) bond motifs is 1. The number of halogens is 5. The summed E-state index contributed by atoms with van der Waals surface area (Å²) in [5.74, 6) is 0.771. The molecule has 2 fully saturated rings. The molecule has 0 unspecified atom stereocenters. The molecule has 38 heavy (non-hydrogen) atoms. The molecule has 0 atom stereocenters. The number of pyridine rings is 1. The number of piperidine rings is 1. The van der Waals surface area contributed by atoms with Crippen LogP contribution in [-0.2, 0) is 4.74 Å². The van der Waals surface area contributed by atoms with Crippen LogP contribution >= 0.6 is 10.2 Å². The quantitative estimate of drug-likeness (QED) is 0.262. The predicted octanol–water partition coefficient (Wildman–Crippen LogP) is 6.89. The topological polar surface area (TPSA) is 97.1 Å². The highest BCUT2D eigenvalue weighted by molar-refractivity contribution is 8.45. The van der Waals surface area contributed by atoms with Crippen LogP contribution in [0.25, 0.3) is 11.2 Å². The summed E-state index contributed by atoms with van der Waals surface area (Å²) in [5, 5.41) is 0. The first-order valence-corrected chi connectivity index (χ1v) is 14.5. The van der Waals surface area contributed by atoms with E-state index in [9.17, 15) is 24.2 Å². The summed E-state index contributed by atoms with van der Waals surface area (Å²) in [6, 6.07) is 3.04. The van der Waals surface area contributed by atoms with E-state index in [0.29, 0.717) is 31.8 Å². The van der Waals surface area contributed by atoms with Crippen LogP contribution in [-0.4, -0.2) is 52.1 Å². The predicted molar refractivity (Wildman–Crippen MR) is 136 cm³/mol. The molecule has 2 aliphatic rings. The van der Waals surface area contributed by atoms with Gasteiger partial charge in [0.1, 0.15) is 16.2 Å². The lowest BCUT2D eigenvalue weighted by atomic mass is 9.87. The van der Waals surface area contributed by atoms with Crippen molar-refractivity contribution >= 4 is 33.0 Å². The summed E-state index contributed by atoms with van der Waals surface area (Å²) in [4.78, 5) is 25.1. The first-order valence-electron chi connectivity index (χ1n) is 12.5. The van der Waals surface area contributed by atoms with Crippen molar-refractivity contribution in [1.29, 1.82) is 0 Å². The fraction of sp³-hybridized carbons (Fsp3) is 0.480. The Morgan fingerprint density at radius 3 is 2.32 bits per heavy atom. The average Bonchev–Trinajstić information content (AvgIpc) is 3.32. The Labute approximate surface area is 216 Å². The summed E-state index contributed by atoms with van der Waals surface area (Å²) in [7, 11) is -8.15. The van der Waals surface area contributed by atoms with E-state index in [-0.39, 0.29) is 29.7 Å². The van der Waals surface area contributed by atoms with Crippen molar-refractivity contribution in [3.8, 4) is 0 Å². The number of nitrogens with two attached hydrogens (primary N) is 1. The summed E-state index contributed by atoms with van der Waals surface area (Å²) < 4.78 is 71.0. The fourth-order valence-electron chi connectivity index (χ4n) is 5.58. The number of hydrogen-bond acceptors (Lipinski definition) is 5. The highest BCUT2D eigenvalue weighted by atomic mass is 32.5. The van der Waals surface area contributed by atoms with Crippen LogP contribution in [0.15, 0.2) is 35.4 Å². The number of nitrogens with zero attached hydrogens (tertiary/aromatic N) is 3. The Morgan fingerprint density at radius 2 is 1.71 bits per heavy atom. The van der Waals surface area contributed by atoms with Crippen molar-refractivity contribution in [3.63, 3.8) is 0 Å². The van der Waals surface area contributed by atoms with Crippen LogP contribution in [0, 0.1) is 0 Å². The second-order valence-corrected chi connectivity index (χ2v) is 12.6. The SMILES string of the molecule is CO[C@H]1CC[C@H](c2nc3c(C4CCN(C(=O)c5ccc(S(F)(F)(F)(F)F)cc5N)CC4)ccnc3[nH]2)CC1. The van der Waals surface area contributed by atoms with Crippen LogP contribution in [0.3, 0.4) is 0 Å². The molecular weight excluding hydrogens is 529 g/mol. The van der Waals surface area contributed by atoms with Gasteiger partial charge in [0.2, 0.25) is 0 Å². The zero-order chi connectivity index (χ0) is 27.4. The summed E-state index contributed by atoms with van der Waals surface area (Å²) >= 11 is 0. The van der Waals surface area contributed by atoms with Gasteiger partial charge in [0.05, 0.1) is 11.7 Å². The number of amides is 1. The van der Waals surface area contributed by atoms with Crippen molar-refractivity contribution < 1.29 is 29.0 Å². The summed E-state index contributed by atoms with van der Waals surface area (Å²) in [6.45, 7) is 0.683. The van der Waals surface area contributed by atoms with E-state index >= 15 is 0 Å². The average molecular weight is 560 g/mol. The molecule has 3 heterocycles. The van der Waals surface area contributed by atoms with Crippen molar-refractivity contribution in [2.75, 3.05) is 25.9 Å². The Bertz CT molecular complexity index is 1370. The molecule has 1 aromatic carbocycles. The van der Waals surface area contributed by atoms with Gasteiger partial charge in [-0.3, -0.25) is 4.79 Å². The maximum atomic E-state index is 13.1. The zero-order valence-corrected chi connectivity index (χ0v) is 21.6. The van der Waals surface area contributed by atoms with Gasteiger partial charge in [-0.2, -0.15) is 0 Å². The van der Waals surface area contributed by atoms with Gasteiger partial charge in [-0.25, -0.2) is 9.97 Å². The lowest BCUT2D eigenvalue weighted by molar-refractivity contribution is 0.0652. The molecule has 1 aliphatic carbocycles. The number of aromatic nitrogens is 3. The largest absolute Gasteiger partial charge is 0.398 e. The van der Waals surface area contributed by atoms with E-state index in [1.54, 1.807) is 13.3 Å². The van der Waals surface area contributed by atoms with E-state index in [4.69, 9.17) is 15.5 Å². The molecule has 0 radical (unpaired) electrons. The molecule has 3 N–H and O–H groups in total. The van der Waals surface area contributed by atoms with Crippen molar-refractivity contribution in [2.24, 2.45) is 0 Å². The molecule has 0 spiro atoms. The van der Waals surface area contributed by atoms with Gasteiger partial charge in [0.25, 0.3) is 5.91 Å². The van der Waals surface area contributed by atoms with Crippen LogP contribution in [0.4, 0.5) is 25.1 Å². The number of rotatable bonds is 5. The van der Waals surface area contributed by atoms with E-state index in [1.807, 2.05) is 6.07 Å². The van der Waals surface area contributed by atoms with E-state index in [0.717, 1.165) is 54.3 Å². The van der Waals surface area contributed by atoms with Crippen LogP contribution < -0.4 is 5.73 Å². The Balaban J connectivity index is 1.29. The number of methoxy groups -OCH3 is 1. The van der Waals surface area contributed by atoms with Crippen LogP contribution in [0.2, 0.25) is 0 Å². The van der Waals surface area contributed by atoms with Gasteiger partial charge in [-0.1, -0.05) is 19.4 Å². The number of imidazole rings is 1. The number of hydrogen-bond donors (Lipinski definition) is 2. The van der Waals surface area contributed by atoms with Crippen LogP contribution in [0.1, 0.15) is 72.1 Å². The highest BCUT2D eigenvalue weighted by Crippen LogP contribution is 3.02. The third-order valence-electron chi connectivity index (χ3n) is 7.75. The molecular formula is C25H30F5N5O2S. The highest BCUT2D eigenvalue weighted by Gasteiger charge is 2.65. The molecule has 1 aliphatic heterocycles. The number of nitrogens with one attached hydrogen (secondary N) is 1. The van der Waals surface area contributed by atoms with E-state index in [1.165, 1.54) is 4.90 Å². The second kappa shape index (κ2) is 8.80. The van der Waals surface area contributed by atoms with Gasteiger partial charge in [0.15, 0.2) is 5.65 Å². The van der Waals surface area contributed by atoms with E-state index < -0.39 is 26.7 Å². The second-order valence-electron chi connectivity index (χ2n) is 10.2. The number of H-pyrrole nitrogens is 1. The molecule has 1 amide bonds. The molecule has 1 saturated carbocycles. The molecule has 1 saturated heterocycles. The first kappa shape index (κ1) is 26.7. The number of anilines is 1. The number of nitrogen functional groups attached to an aromatic ring is 1. The van der Waals surface area contributed by atoms with Crippen molar-refractivity contribution in [2.45, 2.75) is 61.4 Å². The van der Waals surface area contributed by atoms with Gasteiger partial charge in [-0.15, -0.1) is 0 Å². The molecule has 208 valence electrons. The first-order chi connectivity index (χ1) is 17.7. The number of aromatic amines is 1. The standard InChI is InChI=1S/C25H30F5N5O2S/c1-37-17-4-2-16(3-5-17)23-33-22-19(8-11-32-24(22)34-23)15-9-12-35(13-10-15)25(36)20-7-6-18(14-21(20)31)38(26,27,28,29)30/h6-8,11,14-17H,2-5,9-10,12-13,31H2,1H3,(H,32,33,34)/t16-,17-. The number of carbonyl (C=O) groups excluding carboxylic acids is 1. The number of benzene rings is 1. The molecule has 0 bridgehead atoms. The minimum atomic E-state index is -9.88. The minimum absolute atomic E-state index is 0.109. The molecule has 5 rings (SSSR count). The lowest BCUT2D eigenvalue weighted by Crippen LogP contribution is -2.38. The Morgan fingerprint density at radius 1 is 1.03 bits per heavy atom. The molecule has 2 aromatic heterocycles. The Kier molecular flexibility index (Phi) is 6.18. The van der Waals surface area contributed by atoms with E-state index in [2.05, 4.69) is 9.97 Å². The third kappa shape index (κ3) is 5.31. The Hall–Kier alpha value is -2.93. The molecule has 3 aromatic rings. The number of likely N-dealkylation sites (tertiary alicyclic amines) is 1. The summed E-state index contributed by atoms with van der Waals surface area (Å²) in [6.07, 6.45) is 7.18. The molecule has 7 nitrogen and oxygen atoms in total. The van der Waals surface area contributed by atoms with Crippen molar-refractivity contribution in [1.82, 2.24) is 19.9 Å². The van der Waals surface area contributed by atoms with Gasteiger partial charge in [-0.05, 0) is 74.3 Å². The fourth-order valence-corrected chi connectivity index (χ4v) is 6.26. The molecule has 13 heteroatoms. The maximum Gasteiger partial charge on any atom is 0.310 e. The zero-order valence-electron chi connectivity index (χ0n) is 20.8.